The second kappa shape index (κ2) is 10.9. The number of hydrogen-bond acceptors (Lipinski definition) is 6. The van der Waals surface area contributed by atoms with Crippen molar-refractivity contribution in [2.24, 2.45) is 0 Å². The zero-order valence-corrected chi connectivity index (χ0v) is 19.8. The first kappa shape index (κ1) is 24.7. The van der Waals surface area contributed by atoms with Gasteiger partial charge in [-0.1, -0.05) is 37.6 Å². The highest BCUT2D eigenvalue weighted by atomic mass is 32.1. The van der Waals surface area contributed by atoms with Crippen LogP contribution in [0.1, 0.15) is 47.4 Å². The standard InChI is InChI=1S/C25H24F3N3O3S/c1-2-3-7-20-21(35-23(29-20)17-9-11-18(12-10-17)25(26,27)28)15-33-19-6-4-5-16(14-19)8-13-22-30-31-24(32)34-22/h4-6,9-12,14H,2-3,7-8,13,15H2,1H3,(H,31,32). The molecule has 2 aromatic heterocycles. The first-order valence-corrected chi connectivity index (χ1v) is 12.1. The molecule has 0 aliphatic carbocycles. The van der Waals surface area contributed by atoms with Gasteiger partial charge in [-0.05, 0) is 49.1 Å². The molecule has 6 nitrogen and oxygen atoms in total. The minimum Gasteiger partial charge on any atom is -0.488 e. The summed E-state index contributed by atoms with van der Waals surface area (Å²) in [5, 5.41) is 6.74. The van der Waals surface area contributed by atoms with Crippen LogP contribution in [0.2, 0.25) is 0 Å². The number of rotatable bonds is 10. The molecule has 184 valence electrons. The molecule has 1 N–H and O–H groups in total. The molecule has 0 bridgehead atoms. The number of aromatic nitrogens is 3. The zero-order chi connectivity index (χ0) is 24.8. The SMILES string of the molecule is CCCCc1nc(-c2ccc(C(F)(F)F)cc2)sc1COc1cccc(CCc2n[nH]c(=O)o2)c1. The molecule has 2 heterocycles. The van der Waals surface area contributed by atoms with Crippen molar-refractivity contribution in [3.63, 3.8) is 0 Å². The Morgan fingerprint density at radius 1 is 1.09 bits per heavy atom. The first-order chi connectivity index (χ1) is 16.8. The van der Waals surface area contributed by atoms with Gasteiger partial charge in [-0.15, -0.1) is 16.4 Å². The second-order valence-corrected chi connectivity index (χ2v) is 9.09. The van der Waals surface area contributed by atoms with Gasteiger partial charge in [0.15, 0.2) is 0 Å². The Balaban J connectivity index is 1.46. The molecule has 0 saturated heterocycles. The van der Waals surface area contributed by atoms with E-state index in [-0.39, 0.29) is 0 Å². The number of alkyl halides is 3. The summed E-state index contributed by atoms with van der Waals surface area (Å²) in [6.45, 7) is 2.41. The van der Waals surface area contributed by atoms with Crippen LogP contribution in [0.5, 0.6) is 5.75 Å². The topological polar surface area (TPSA) is 81.0 Å². The van der Waals surface area contributed by atoms with Crippen LogP contribution in [0.15, 0.2) is 57.7 Å². The highest BCUT2D eigenvalue weighted by molar-refractivity contribution is 7.15. The molecule has 0 amide bonds. The second-order valence-electron chi connectivity index (χ2n) is 8.01. The normalized spacial score (nSPS) is 11.7. The van der Waals surface area contributed by atoms with Gasteiger partial charge < -0.3 is 9.15 Å². The Hall–Kier alpha value is -3.40. The maximum Gasteiger partial charge on any atom is 0.434 e. The van der Waals surface area contributed by atoms with E-state index in [1.54, 1.807) is 0 Å². The van der Waals surface area contributed by atoms with Crippen molar-refractivity contribution in [2.75, 3.05) is 0 Å². The zero-order valence-electron chi connectivity index (χ0n) is 19.0. The van der Waals surface area contributed by atoms with E-state index >= 15 is 0 Å². The van der Waals surface area contributed by atoms with E-state index in [0.29, 0.717) is 41.7 Å². The minimum atomic E-state index is -4.37. The molecule has 0 radical (unpaired) electrons. The third-order valence-electron chi connectivity index (χ3n) is 5.38. The first-order valence-electron chi connectivity index (χ1n) is 11.2. The van der Waals surface area contributed by atoms with Gasteiger partial charge in [0, 0.05) is 12.0 Å². The monoisotopic (exact) mass is 503 g/mol. The van der Waals surface area contributed by atoms with Crippen molar-refractivity contribution in [1.82, 2.24) is 15.2 Å². The summed E-state index contributed by atoms with van der Waals surface area (Å²) in [6.07, 6.45) is -0.512. The van der Waals surface area contributed by atoms with Gasteiger partial charge in [-0.2, -0.15) is 13.2 Å². The Morgan fingerprint density at radius 2 is 1.89 bits per heavy atom. The summed E-state index contributed by atoms with van der Waals surface area (Å²) in [7, 11) is 0. The van der Waals surface area contributed by atoms with E-state index in [9.17, 15) is 18.0 Å². The molecule has 0 atom stereocenters. The Kier molecular flexibility index (Phi) is 7.70. The van der Waals surface area contributed by atoms with Gasteiger partial charge in [0.05, 0.1) is 16.1 Å². The summed E-state index contributed by atoms with van der Waals surface area (Å²) in [6, 6.07) is 12.7. The fraction of sp³-hybridized carbons (Fsp3) is 0.320. The number of ether oxygens (including phenoxy) is 1. The summed E-state index contributed by atoms with van der Waals surface area (Å²) >= 11 is 1.44. The largest absolute Gasteiger partial charge is 0.488 e. The van der Waals surface area contributed by atoms with Crippen molar-refractivity contribution < 1.29 is 22.3 Å². The predicted octanol–water partition coefficient (Wildman–Crippen LogP) is 6.21. The van der Waals surface area contributed by atoms with E-state index in [1.165, 1.54) is 23.5 Å². The van der Waals surface area contributed by atoms with Crippen molar-refractivity contribution in [2.45, 2.75) is 51.8 Å². The molecule has 2 aromatic carbocycles. The number of halogens is 3. The summed E-state index contributed by atoms with van der Waals surface area (Å²) in [5.41, 5.74) is 1.89. The van der Waals surface area contributed by atoms with Gasteiger partial charge in [-0.25, -0.2) is 14.9 Å². The fourth-order valence-electron chi connectivity index (χ4n) is 3.52. The molecule has 0 spiro atoms. The van der Waals surface area contributed by atoms with Crippen LogP contribution >= 0.6 is 11.3 Å². The van der Waals surface area contributed by atoms with Crippen LogP contribution in [0.4, 0.5) is 13.2 Å². The predicted molar refractivity (Wildman–Crippen MR) is 126 cm³/mol. The summed E-state index contributed by atoms with van der Waals surface area (Å²) in [5.74, 6) is 0.468. The fourth-order valence-corrected chi connectivity index (χ4v) is 4.55. The number of thiazole rings is 1. The van der Waals surface area contributed by atoms with Crippen LogP contribution in [-0.2, 0) is 32.0 Å². The van der Waals surface area contributed by atoms with Gasteiger partial charge in [0.1, 0.15) is 17.4 Å². The molecule has 0 saturated carbocycles. The van der Waals surface area contributed by atoms with E-state index in [2.05, 4.69) is 17.1 Å². The van der Waals surface area contributed by atoms with Crippen LogP contribution in [0, 0.1) is 0 Å². The Morgan fingerprint density at radius 3 is 2.57 bits per heavy atom. The quantitative estimate of drug-likeness (QED) is 0.278. The number of aromatic amines is 1. The van der Waals surface area contributed by atoms with Gasteiger partial charge in [-0.3, -0.25) is 0 Å². The lowest BCUT2D eigenvalue weighted by molar-refractivity contribution is -0.137. The maximum absolute atomic E-state index is 12.9. The van der Waals surface area contributed by atoms with Crippen molar-refractivity contribution >= 4 is 11.3 Å². The highest BCUT2D eigenvalue weighted by Crippen LogP contribution is 2.34. The van der Waals surface area contributed by atoms with E-state index in [1.807, 2.05) is 24.3 Å². The molecule has 4 aromatic rings. The van der Waals surface area contributed by atoms with Gasteiger partial charge in [0.25, 0.3) is 0 Å². The van der Waals surface area contributed by atoms with Crippen LogP contribution < -0.4 is 10.5 Å². The molecule has 0 fully saturated rings. The van der Waals surface area contributed by atoms with E-state index in [4.69, 9.17) is 14.1 Å². The van der Waals surface area contributed by atoms with Crippen molar-refractivity contribution in [1.29, 1.82) is 0 Å². The third kappa shape index (κ3) is 6.60. The number of hydrogen-bond donors (Lipinski definition) is 1. The molecule has 0 aliphatic heterocycles. The smallest absolute Gasteiger partial charge is 0.434 e. The average molecular weight is 504 g/mol. The number of unbranched alkanes of at least 4 members (excludes halogenated alkanes) is 1. The van der Waals surface area contributed by atoms with E-state index < -0.39 is 17.5 Å². The molecule has 0 unspecified atom stereocenters. The Bertz CT molecular complexity index is 1310. The lowest BCUT2D eigenvalue weighted by atomic mass is 10.1. The van der Waals surface area contributed by atoms with Crippen molar-refractivity contribution in [3.05, 3.63) is 86.7 Å². The number of nitrogens with one attached hydrogen (secondary N) is 1. The maximum atomic E-state index is 12.9. The highest BCUT2D eigenvalue weighted by Gasteiger charge is 2.30. The van der Waals surface area contributed by atoms with Gasteiger partial charge >= 0.3 is 11.9 Å². The molecular weight excluding hydrogens is 479 g/mol. The number of H-pyrrole nitrogens is 1. The lowest BCUT2D eigenvalue weighted by Crippen LogP contribution is -2.03. The van der Waals surface area contributed by atoms with Gasteiger partial charge in [0.2, 0.25) is 5.89 Å². The molecule has 10 heteroatoms. The average Bonchev–Trinajstić information content (AvgIpc) is 3.45. The number of benzene rings is 2. The lowest BCUT2D eigenvalue weighted by Gasteiger charge is -2.08. The Labute approximate surface area is 203 Å². The molecule has 0 aliphatic rings. The number of aryl methyl sites for hydroxylation is 3. The van der Waals surface area contributed by atoms with Crippen molar-refractivity contribution in [3.8, 4) is 16.3 Å². The van der Waals surface area contributed by atoms with E-state index in [0.717, 1.165) is 47.5 Å². The minimum absolute atomic E-state index is 0.315. The van der Waals surface area contributed by atoms with Crippen LogP contribution in [0.25, 0.3) is 10.6 Å². The molecule has 4 rings (SSSR count). The van der Waals surface area contributed by atoms with Crippen LogP contribution in [-0.4, -0.2) is 15.2 Å². The third-order valence-corrected chi connectivity index (χ3v) is 6.50. The molecule has 35 heavy (non-hydrogen) atoms. The number of nitrogens with zero attached hydrogens (tertiary/aromatic N) is 2. The summed E-state index contributed by atoms with van der Waals surface area (Å²) < 4.78 is 49.7. The summed E-state index contributed by atoms with van der Waals surface area (Å²) in [4.78, 5) is 16.7. The molecular formula is C25H24F3N3O3S. The van der Waals surface area contributed by atoms with Crippen LogP contribution in [0.3, 0.4) is 0 Å².